The van der Waals surface area contributed by atoms with E-state index in [1.165, 1.54) is 0 Å². The normalized spacial score (nSPS) is 17.9. The number of hydrogen-bond donors (Lipinski definition) is 1. The molecule has 0 radical (unpaired) electrons. The van der Waals surface area contributed by atoms with Gasteiger partial charge < -0.3 is 14.8 Å². The van der Waals surface area contributed by atoms with Crippen molar-refractivity contribution < 1.29 is 19.1 Å². The van der Waals surface area contributed by atoms with Crippen LogP contribution in [0.5, 0.6) is 0 Å². The van der Waals surface area contributed by atoms with E-state index in [0.717, 1.165) is 36.2 Å². The second-order valence-electron chi connectivity index (χ2n) is 9.62. The molecule has 2 aliphatic rings. The van der Waals surface area contributed by atoms with Crippen LogP contribution in [0.15, 0.2) is 18.2 Å². The number of benzene rings is 1. The number of aryl methyl sites for hydroxylation is 2. The lowest BCUT2D eigenvalue weighted by molar-refractivity contribution is 0.0151. The first-order valence-corrected chi connectivity index (χ1v) is 12.0. The van der Waals surface area contributed by atoms with Crippen molar-refractivity contribution in [2.24, 2.45) is 11.3 Å². The maximum absolute atomic E-state index is 13.0. The van der Waals surface area contributed by atoms with Crippen LogP contribution in [0.3, 0.4) is 0 Å². The second kappa shape index (κ2) is 9.98. The maximum Gasteiger partial charge on any atom is 0.338 e. The van der Waals surface area contributed by atoms with Crippen LogP contribution in [0, 0.1) is 29.6 Å². The van der Waals surface area contributed by atoms with Gasteiger partial charge in [0.1, 0.15) is 0 Å². The molecule has 4 rings (SSSR count). The molecule has 2 aromatic rings. The molecule has 0 saturated carbocycles. The van der Waals surface area contributed by atoms with Gasteiger partial charge in [-0.1, -0.05) is 19.9 Å². The summed E-state index contributed by atoms with van der Waals surface area (Å²) in [7, 11) is 0. The molecule has 180 valence electrons. The molecule has 0 bridgehead atoms. The fraction of sp³-hybridized carbons (Fsp3) is 0.538. The summed E-state index contributed by atoms with van der Waals surface area (Å²) in [6.07, 6.45) is 3.28. The van der Waals surface area contributed by atoms with Crippen LogP contribution in [0.25, 0.3) is 0 Å². The van der Waals surface area contributed by atoms with Gasteiger partial charge in [0, 0.05) is 32.2 Å². The third kappa shape index (κ3) is 4.85. The highest BCUT2D eigenvalue weighted by Crippen LogP contribution is 2.37. The predicted octanol–water partition coefficient (Wildman–Crippen LogP) is 3.20. The van der Waals surface area contributed by atoms with Gasteiger partial charge in [-0.2, -0.15) is 10.4 Å². The highest BCUT2D eigenvalue weighted by molar-refractivity contribution is 5.97. The quantitative estimate of drug-likeness (QED) is 0.658. The topological polar surface area (TPSA) is 106 Å². The number of rotatable bonds is 6. The Balaban J connectivity index is 1.49. The van der Waals surface area contributed by atoms with E-state index in [9.17, 15) is 14.9 Å². The molecule has 0 aliphatic carbocycles. The van der Waals surface area contributed by atoms with Gasteiger partial charge in [0.15, 0.2) is 0 Å². The summed E-state index contributed by atoms with van der Waals surface area (Å²) in [6.45, 7) is 8.68. The Labute approximate surface area is 200 Å². The van der Waals surface area contributed by atoms with Gasteiger partial charge >= 0.3 is 5.97 Å². The Bertz CT molecular complexity index is 1120. The minimum Gasteiger partial charge on any atom is -0.462 e. The van der Waals surface area contributed by atoms with E-state index < -0.39 is 5.97 Å². The number of nitrogens with one attached hydrogen (secondary N) is 1. The molecule has 1 spiro atoms. The summed E-state index contributed by atoms with van der Waals surface area (Å²) >= 11 is 0. The molecule has 1 amide bonds. The molecular weight excluding hydrogens is 432 g/mol. The van der Waals surface area contributed by atoms with Crippen molar-refractivity contribution in [1.82, 2.24) is 15.1 Å². The van der Waals surface area contributed by atoms with E-state index >= 15 is 0 Å². The molecule has 34 heavy (non-hydrogen) atoms. The SMILES string of the molecule is CCc1nn(C[C@@H](C)COC(=O)c2ccc(C)c(C#N)c2)c2c1C(=O)NCC1(CCOCC1)C2. The van der Waals surface area contributed by atoms with Crippen LogP contribution in [-0.4, -0.2) is 48.0 Å². The van der Waals surface area contributed by atoms with Gasteiger partial charge in [-0.3, -0.25) is 9.48 Å². The van der Waals surface area contributed by atoms with Gasteiger partial charge in [-0.05, 0) is 55.7 Å². The molecule has 1 aromatic heterocycles. The number of carbonyl (C=O) groups excluding carboxylic acids is 2. The zero-order valence-electron chi connectivity index (χ0n) is 20.1. The van der Waals surface area contributed by atoms with Gasteiger partial charge in [-0.15, -0.1) is 0 Å². The molecule has 0 unspecified atom stereocenters. The van der Waals surface area contributed by atoms with Crippen molar-refractivity contribution in [2.45, 2.75) is 53.0 Å². The number of fused-ring (bicyclic) bond motifs is 1. The molecule has 8 heteroatoms. The van der Waals surface area contributed by atoms with Crippen LogP contribution in [0.2, 0.25) is 0 Å². The first-order valence-electron chi connectivity index (χ1n) is 12.0. The molecule has 1 aromatic carbocycles. The number of nitrogens with zero attached hydrogens (tertiary/aromatic N) is 3. The fourth-order valence-electron chi connectivity index (χ4n) is 4.84. The third-order valence-electron chi connectivity index (χ3n) is 6.99. The monoisotopic (exact) mass is 464 g/mol. The standard InChI is InChI=1S/C26H32N4O4/c1-4-21-23-22(12-26(16-28-24(23)31)7-9-33-10-8-26)30(29-21)14-17(2)15-34-25(32)19-6-5-18(3)20(11-19)13-27/h5-6,11,17H,4,7-10,12,14-16H2,1-3H3,(H,28,31)/t17-/m1/s1. The van der Waals surface area contributed by atoms with E-state index in [4.69, 9.17) is 14.6 Å². The zero-order chi connectivity index (χ0) is 24.3. The largest absolute Gasteiger partial charge is 0.462 e. The molecule has 1 N–H and O–H groups in total. The second-order valence-corrected chi connectivity index (χ2v) is 9.62. The van der Waals surface area contributed by atoms with E-state index in [2.05, 4.69) is 11.4 Å². The summed E-state index contributed by atoms with van der Waals surface area (Å²) in [5, 5.41) is 17.1. The fourth-order valence-corrected chi connectivity index (χ4v) is 4.84. The van der Waals surface area contributed by atoms with Crippen molar-refractivity contribution in [3.8, 4) is 6.07 Å². The lowest BCUT2D eigenvalue weighted by Gasteiger charge is -2.36. The van der Waals surface area contributed by atoms with Crippen molar-refractivity contribution in [3.63, 3.8) is 0 Å². The number of nitriles is 1. The third-order valence-corrected chi connectivity index (χ3v) is 6.99. The van der Waals surface area contributed by atoms with Crippen LogP contribution >= 0.6 is 0 Å². The van der Waals surface area contributed by atoms with Gasteiger partial charge in [-0.25, -0.2) is 4.79 Å². The summed E-state index contributed by atoms with van der Waals surface area (Å²) in [5.74, 6) is -0.499. The number of aromatic nitrogens is 2. The summed E-state index contributed by atoms with van der Waals surface area (Å²) < 4.78 is 13.1. The number of esters is 1. The zero-order valence-corrected chi connectivity index (χ0v) is 20.1. The van der Waals surface area contributed by atoms with Crippen LogP contribution < -0.4 is 5.32 Å². The minimum atomic E-state index is -0.447. The summed E-state index contributed by atoms with van der Waals surface area (Å²) in [5.41, 5.74) is 4.14. The molecule has 1 fully saturated rings. The molecule has 1 saturated heterocycles. The maximum atomic E-state index is 13.0. The average Bonchev–Trinajstić information content (AvgIpc) is 3.11. The van der Waals surface area contributed by atoms with Crippen LogP contribution in [0.1, 0.15) is 69.9 Å². The number of carbonyl (C=O) groups is 2. The van der Waals surface area contributed by atoms with Crippen LogP contribution in [-0.2, 0) is 28.9 Å². The highest BCUT2D eigenvalue weighted by Gasteiger charge is 2.39. The number of amides is 1. The number of hydrogen-bond acceptors (Lipinski definition) is 6. The lowest BCUT2D eigenvalue weighted by atomic mass is 9.76. The van der Waals surface area contributed by atoms with Gasteiger partial charge in [0.2, 0.25) is 0 Å². The Morgan fingerprint density at radius 1 is 1.38 bits per heavy atom. The van der Waals surface area contributed by atoms with Crippen molar-refractivity contribution in [1.29, 1.82) is 5.26 Å². The molecular formula is C26H32N4O4. The van der Waals surface area contributed by atoms with E-state index in [-0.39, 0.29) is 23.8 Å². The van der Waals surface area contributed by atoms with Gasteiger partial charge in [0.25, 0.3) is 5.91 Å². The first kappa shape index (κ1) is 24.0. The van der Waals surface area contributed by atoms with Crippen molar-refractivity contribution in [3.05, 3.63) is 51.8 Å². The van der Waals surface area contributed by atoms with E-state index in [1.54, 1.807) is 18.2 Å². The van der Waals surface area contributed by atoms with Crippen LogP contribution in [0.4, 0.5) is 0 Å². The van der Waals surface area contributed by atoms with Gasteiger partial charge in [0.05, 0.1) is 40.8 Å². The minimum absolute atomic E-state index is 0.00417. The molecule has 3 heterocycles. The summed E-state index contributed by atoms with van der Waals surface area (Å²) in [6, 6.07) is 7.09. The van der Waals surface area contributed by atoms with E-state index in [1.807, 2.05) is 25.5 Å². The van der Waals surface area contributed by atoms with Crippen molar-refractivity contribution >= 4 is 11.9 Å². The number of ether oxygens (including phenoxy) is 2. The van der Waals surface area contributed by atoms with E-state index in [0.29, 0.717) is 49.4 Å². The molecule has 2 aliphatic heterocycles. The Morgan fingerprint density at radius 2 is 2.15 bits per heavy atom. The molecule has 8 nitrogen and oxygen atoms in total. The first-order chi connectivity index (χ1) is 16.4. The Hall–Kier alpha value is -3.18. The Morgan fingerprint density at radius 3 is 2.85 bits per heavy atom. The predicted molar refractivity (Wildman–Crippen MR) is 125 cm³/mol. The smallest absolute Gasteiger partial charge is 0.338 e. The lowest BCUT2D eigenvalue weighted by Crippen LogP contribution is -2.41. The Kier molecular flexibility index (Phi) is 7.03. The summed E-state index contributed by atoms with van der Waals surface area (Å²) in [4.78, 5) is 25.5. The average molecular weight is 465 g/mol. The highest BCUT2D eigenvalue weighted by atomic mass is 16.5. The molecule has 1 atom stereocenters. The van der Waals surface area contributed by atoms with Crippen molar-refractivity contribution in [2.75, 3.05) is 26.4 Å².